The van der Waals surface area contributed by atoms with Crippen LogP contribution in [0, 0.1) is 0 Å². The van der Waals surface area contributed by atoms with E-state index in [9.17, 15) is 4.79 Å². The van der Waals surface area contributed by atoms with Crippen LogP contribution in [-0.2, 0) is 4.79 Å². The molecule has 0 fully saturated rings. The van der Waals surface area contributed by atoms with Gasteiger partial charge in [0.05, 0.1) is 0 Å². The van der Waals surface area contributed by atoms with Gasteiger partial charge in [0.15, 0.2) is 0 Å². The van der Waals surface area contributed by atoms with Crippen molar-refractivity contribution in [1.29, 1.82) is 0 Å². The average Bonchev–Trinajstić information content (AvgIpc) is 2.99. The lowest BCUT2D eigenvalue weighted by Crippen LogP contribution is -2.33. The van der Waals surface area contributed by atoms with Gasteiger partial charge in [0.25, 0.3) is 0 Å². The smallest absolute Gasteiger partial charge is 0.222 e. The quantitative estimate of drug-likeness (QED) is 0.0530. The highest BCUT2D eigenvalue weighted by Crippen LogP contribution is 2.15. The molecule has 0 radical (unpaired) electrons. The van der Waals surface area contributed by atoms with Crippen molar-refractivity contribution < 1.29 is 4.79 Å². The molecule has 3 nitrogen and oxygen atoms in total. The van der Waals surface area contributed by atoms with E-state index < -0.39 is 0 Å². The topological polar surface area (TPSA) is 23.6 Å². The van der Waals surface area contributed by atoms with Crippen LogP contribution in [0.2, 0.25) is 0 Å². The number of hydrogen-bond donors (Lipinski definition) is 0. The van der Waals surface area contributed by atoms with Gasteiger partial charge >= 0.3 is 0 Å². The molecule has 0 aromatic carbocycles. The Morgan fingerprint density at radius 1 is 0.419 bits per heavy atom. The number of carbonyl (C=O) groups excluding carboxylic acids is 1. The summed E-state index contributed by atoms with van der Waals surface area (Å²) in [6.07, 6.45) is 44.6. The van der Waals surface area contributed by atoms with E-state index >= 15 is 0 Å². The molecule has 0 saturated heterocycles. The van der Waals surface area contributed by atoms with Crippen LogP contribution in [0.15, 0.2) is 12.2 Å². The van der Waals surface area contributed by atoms with Gasteiger partial charge in [-0.3, -0.25) is 4.79 Å². The van der Waals surface area contributed by atoms with Crippen molar-refractivity contribution in [2.24, 2.45) is 0 Å². The minimum Gasteiger partial charge on any atom is -0.343 e. The van der Waals surface area contributed by atoms with Crippen molar-refractivity contribution in [2.45, 2.75) is 206 Å². The monoisotopic (exact) mass is 605 g/mol. The van der Waals surface area contributed by atoms with E-state index in [1.807, 2.05) is 0 Å². The van der Waals surface area contributed by atoms with Crippen LogP contribution >= 0.6 is 0 Å². The number of amides is 1. The molecule has 0 saturated carbocycles. The zero-order chi connectivity index (χ0) is 31.5. The number of hydrogen-bond acceptors (Lipinski definition) is 2. The predicted octanol–water partition coefficient (Wildman–Crippen LogP) is 12.7. The maximum Gasteiger partial charge on any atom is 0.222 e. The maximum atomic E-state index is 13.0. The third-order valence-corrected chi connectivity index (χ3v) is 9.07. The Morgan fingerprint density at radius 3 is 1.09 bits per heavy atom. The van der Waals surface area contributed by atoms with Gasteiger partial charge in [-0.1, -0.05) is 167 Å². The van der Waals surface area contributed by atoms with E-state index in [0.29, 0.717) is 12.3 Å². The zero-order valence-electron chi connectivity index (χ0n) is 30.3. The minimum atomic E-state index is 0.393. The lowest BCUT2D eigenvalue weighted by Gasteiger charge is -2.23. The second kappa shape index (κ2) is 35.6. The molecule has 256 valence electrons. The van der Waals surface area contributed by atoms with E-state index in [4.69, 9.17) is 0 Å². The van der Waals surface area contributed by atoms with Crippen LogP contribution in [0.5, 0.6) is 0 Å². The molecule has 1 amide bonds. The van der Waals surface area contributed by atoms with Crippen LogP contribution in [0.1, 0.15) is 206 Å². The molecule has 43 heavy (non-hydrogen) atoms. The third kappa shape index (κ3) is 33.9. The lowest BCUT2D eigenvalue weighted by atomic mass is 10.0. The molecule has 0 aromatic rings. The molecule has 0 aromatic heterocycles. The summed E-state index contributed by atoms with van der Waals surface area (Å²) in [6.45, 7) is 7.54. The average molecular weight is 605 g/mol. The highest BCUT2D eigenvalue weighted by molar-refractivity contribution is 5.76. The second-order valence-corrected chi connectivity index (χ2v) is 13.8. The summed E-state index contributed by atoms with van der Waals surface area (Å²) in [5.41, 5.74) is 0. The molecule has 0 N–H and O–H groups in total. The summed E-state index contributed by atoms with van der Waals surface area (Å²) in [6, 6.07) is 0. The van der Waals surface area contributed by atoms with Gasteiger partial charge in [-0.25, -0.2) is 0 Å². The summed E-state index contributed by atoms with van der Waals surface area (Å²) in [5, 5.41) is 0. The summed E-state index contributed by atoms with van der Waals surface area (Å²) < 4.78 is 0. The summed E-state index contributed by atoms with van der Waals surface area (Å²) in [4.78, 5) is 17.4. The summed E-state index contributed by atoms with van der Waals surface area (Å²) in [5.74, 6) is 0.393. The van der Waals surface area contributed by atoms with E-state index in [0.717, 1.165) is 26.1 Å². The van der Waals surface area contributed by atoms with Gasteiger partial charge in [0.1, 0.15) is 0 Å². The minimum absolute atomic E-state index is 0.393. The lowest BCUT2D eigenvalue weighted by molar-refractivity contribution is -0.131. The summed E-state index contributed by atoms with van der Waals surface area (Å²) in [7, 11) is 4.20. The Kier molecular flexibility index (Phi) is 35.0. The number of carbonyl (C=O) groups is 1. The fourth-order valence-electron chi connectivity index (χ4n) is 6.11. The normalized spacial score (nSPS) is 11.7. The molecule has 0 heterocycles. The van der Waals surface area contributed by atoms with Gasteiger partial charge in [0, 0.05) is 19.5 Å². The number of allylic oxidation sites excluding steroid dienone is 2. The predicted molar refractivity (Wildman–Crippen MR) is 194 cm³/mol. The number of nitrogens with zero attached hydrogens (tertiary/aromatic N) is 2. The fourth-order valence-corrected chi connectivity index (χ4v) is 6.11. The van der Waals surface area contributed by atoms with Crippen molar-refractivity contribution >= 4 is 5.91 Å². The molecule has 0 aliphatic heterocycles. The van der Waals surface area contributed by atoms with Crippen molar-refractivity contribution in [3.63, 3.8) is 0 Å². The Labute approximate surface area is 272 Å². The Bertz CT molecular complexity index is 573. The Hall–Kier alpha value is -0.830. The first-order valence-electron chi connectivity index (χ1n) is 19.7. The molecule has 0 rings (SSSR count). The molecular weight excluding hydrogens is 524 g/mol. The van der Waals surface area contributed by atoms with Crippen LogP contribution in [0.3, 0.4) is 0 Å². The first kappa shape index (κ1) is 42.2. The standard InChI is InChI=1S/C40H80N2O/c1-5-7-9-11-13-15-17-19-21-22-24-26-28-30-32-34-39-42(40(43)36-35-37-41(3)4)38-33-31-29-27-25-23-20-18-16-14-12-10-8-6-2/h19,21H,5-18,20,22-39H2,1-4H3/b21-19-. The second-order valence-electron chi connectivity index (χ2n) is 13.8. The van der Waals surface area contributed by atoms with Crippen LogP contribution < -0.4 is 0 Å². The molecule has 3 heteroatoms. The Morgan fingerprint density at radius 2 is 0.744 bits per heavy atom. The van der Waals surface area contributed by atoms with Crippen molar-refractivity contribution in [2.75, 3.05) is 33.7 Å². The summed E-state index contributed by atoms with van der Waals surface area (Å²) >= 11 is 0. The maximum absolute atomic E-state index is 13.0. The van der Waals surface area contributed by atoms with E-state index in [-0.39, 0.29) is 0 Å². The van der Waals surface area contributed by atoms with E-state index in [1.165, 1.54) is 180 Å². The SMILES string of the molecule is CCCCCCCC/C=C\CCCCCCCCN(CCCCCCCCCCCCCCCC)C(=O)CCCN(C)C. The van der Waals surface area contributed by atoms with Gasteiger partial charge in [0.2, 0.25) is 5.91 Å². The van der Waals surface area contributed by atoms with Gasteiger partial charge in [-0.15, -0.1) is 0 Å². The highest BCUT2D eigenvalue weighted by Gasteiger charge is 2.12. The van der Waals surface area contributed by atoms with Crippen LogP contribution in [0.25, 0.3) is 0 Å². The van der Waals surface area contributed by atoms with Crippen molar-refractivity contribution in [1.82, 2.24) is 9.80 Å². The van der Waals surface area contributed by atoms with E-state index in [2.05, 4.69) is 49.9 Å². The fraction of sp³-hybridized carbons (Fsp3) is 0.925. The van der Waals surface area contributed by atoms with E-state index in [1.54, 1.807) is 0 Å². The van der Waals surface area contributed by atoms with Crippen molar-refractivity contribution in [3.05, 3.63) is 12.2 Å². The number of unbranched alkanes of at least 4 members (excludes halogenated alkanes) is 25. The van der Waals surface area contributed by atoms with Crippen LogP contribution in [0.4, 0.5) is 0 Å². The van der Waals surface area contributed by atoms with Gasteiger partial charge in [-0.05, 0) is 65.6 Å². The third-order valence-electron chi connectivity index (χ3n) is 9.07. The molecule has 0 spiro atoms. The highest BCUT2D eigenvalue weighted by atomic mass is 16.2. The Balaban J connectivity index is 3.88. The molecule has 0 bridgehead atoms. The molecule has 0 aliphatic rings. The largest absolute Gasteiger partial charge is 0.343 e. The molecule has 0 unspecified atom stereocenters. The van der Waals surface area contributed by atoms with Gasteiger partial charge < -0.3 is 9.80 Å². The van der Waals surface area contributed by atoms with Crippen LogP contribution in [-0.4, -0.2) is 49.4 Å². The molecular formula is C40H80N2O. The number of rotatable bonds is 35. The molecule has 0 atom stereocenters. The molecule has 0 aliphatic carbocycles. The van der Waals surface area contributed by atoms with Gasteiger partial charge in [-0.2, -0.15) is 0 Å². The van der Waals surface area contributed by atoms with Crippen molar-refractivity contribution in [3.8, 4) is 0 Å². The first-order valence-corrected chi connectivity index (χ1v) is 19.7. The zero-order valence-corrected chi connectivity index (χ0v) is 30.3. The first-order chi connectivity index (χ1) is 21.1.